The largest absolute Gasteiger partial charge is 0.366 e. The molecule has 0 aromatic heterocycles. The molecule has 0 aromatic rings. The molecule has 3 N–H and O–H groups in total. The third-order valence-electron chi connectivity index (χ3n) is 3.43. The number of amides is 2. The first-order chi connectivity index (χ1) is 10.3. The van der Waals surface area contributed by atoms with Crippen LogP contribution in [0.2, 0.25) is 0 Å². The van der Waals surface area contributed by atoms with Gasteiger partial charge in [-0.15, -0.1) is 11.6 Å². The molecule has 0 aromatic carbocycles. The number of Topliss-reactive ketones (excluding diaryl/α,β-unsaturated/α-hetero) is 1. The van der Waals surface area contributed by atoms with E-state index in [9.17, 15) is 14.4 Å². The van der Waals surface area contributed by atoms with Crippen LogP contribution in [0.25, 0.3) is 0 Å². The number of carbonyl (C=O) groups excluding carboxylic acids is 3. The van der Waals surface area contributed by atoms with E-state index in [1.165, 1.54) is 0 Å². The van der Waals surface area contributed by atoms with Crippen LogP contribution in [0, 0.1) is 0 Å². The maximum Gasteiger partial charge on any atom is 0.246 e. The number of unbranched alkanes of at least 4 members (excludes halogenated alkanes) is 4. The summed E-state index contributed by atoms with van der Waals surface area (Å²) in [6, 6.07) is -1.14. The molecule has 0 saturated heterocycles. The number of primary amides is 1. The van der Waals surface area contributed by atoms with E-state index in [1.54, 1.807) is 6.92 Å². The van der Waals surface area contributed by atoms with E-state index in [0.29, 0.717) is 12.8 Å². The average molecular weight is 331 g/mol. The number of halogens is 1. The maximum absolute atomic E-state index is 12.2. The average Bonchev–Trinajstić information content (AvgIpc) is 2.50. The monoisotopic (exact) mass is 330 g/mol. The molecule has 0 saturated carbocycles. The molecular weight excluding hydrogens is 304 g/mol. The summed E-state index contributed by atoms with van der Waals surface area (Å²) in [6.07, 6.45) is 5.77. The van der Waals surface area contributed by atoms with Crippen molar-refractivity contribution >= 4 is 29.2 Å². The van der Waals surface area contributed by atoms with Crippen molar-refractivity contribution in [2.75, 3.05) is 0 Å². The second-order valence-corrected chi connectivity index (χ2v) is 5.86. The number of rotatable bonds is 12. The molecule has 0 unspecified atom stereocenters. The molecule has 0 spiro atoms. The van der Waals surface area contributed by atoms with E-state index in [2.05, 4.69) is 18.8 Å². The lowest BCUT2D eigenvalue weighted by atomic mass is 9.99. The first kappa shape index (κ1) is 20.6. The first-order valence-electron chi connectivity index (χ1n) is 7.80. The van der Waals surface area contributed by atoms with Crippen molar-refractivity contribution in [3.8, 4) is 0 Å². The van der Waals surface area contributed by atoms with E-state index >= 15 is 0 Å². The Morgan fingerprint density at radius 3 is 2.23 bits per heavy atom. The van der Waals surface area contributed by atoms with E-state index in [1.807, 2.05) is 0 Å². The molecule has 22 heavy (non-hydrogen) atoms. The first-order valence-corrected chi connectivity index (χ1v) is 8.24. The maximum atomic E-state index is 12.2. The zero-order valence-corrected chi connectivity index (χ0v) is 14.2. The Hall–Kier alpha value is -1.36. The van der Waals surface area contributed by atoms with Crippen molar-refractivity contribution in [3.63, 3.8) is 0 Å². The molecule has 0 fully saturated rings. The van der Waals surface area contributed by atoms with Crippen molar-refractivity contribution in [1.82, 2.24) is 5.32 Å². The van der Waals surface area contributed by atoms with E-state index in [0.717, 1.165) is 32.1 Å². The Morgan fingerprint density at radius 1 is 1.14 bits per heavy atom. The van der Waals surface area contributed by atoms with Crippen LogP contribution in [0.5, 0.6) is 0 Å². The van der Waals surface area contributed by atoms with E-state index in [4.69, 9.17) is 17.3 Å². The molecule has 126 valence electrons. The van der Waals surface area contributed by atoms with Gasteiger partial charge in [0.25, 0.3) is 0 Å². The van der Waals surface area contributed by atoms with Gasteiger partial charge < -0.3 is 11.1 Å². The molecule has 0 radical (unpaired) electrons. The third kappa shape index (κ3) is 7.59. The van der Waals surface area contributed by atoms with Gasteiger partial charge in [0.15, 0.2) is 5.78 Å². The van der Waals surface area contributed by atoms with Crippen LogP contribution in [-0.4, -0.2) is 29.0 Å². The van der Waals surface area contributed by atoms with Crippen molar-refractivity contribution < 1.29 is 14.4 Å². The highest BCUT2D eigenvalue weighted by Gasteiger charge is 2.30. The van der Waals surface area contributed by atoms with Gasteiger partial charge in [-0.2, -0.15) is 0 Å². The van der Waals surface area contributed by atoms with Crippen LogP contribution in [0.1, 0.15) is 58.8 Å². The Kier molecular flexibility index (Phi) is 10.5. The lowest BCUT2D eigenvalue weighted by molar-refractivity contribution is -0.127. The lowest BCUT2D eigenvalue weighted by Crippen LogP contribution is -2.47. The summed E-state index contributed by atoms with van der Waals surface area (Å²) < 4.78 is 0. The predicted molar refractivity (Wildman–Crippen MR) is 88.6 cm³/mol. The number of carbonyl (C=O) groups is 3. The van der Waals surface area contributed by atoms with Gasteiger partial charge in [0.05, 0.1) is 5.38 Å². The van der Waals surface area contributed by atoms with Crippen molar-refractivity contribution in [2.24, 2.45) is 5.73 Å². The van der Waals surface area contributed by atoms with Gasteiger partial charge in [-0.3, -0.25) is 14.4 Å². The highest BCUT2D eigenvalue weighted by atomic mass is 35.5. The van der Waals surface area contributed by atoms with Crippen LogP contribution in [0.3, 0.4) is 0 Å². The normalized spacial score (nSPS) is 13.2. The Labute approximate surface area is 137 Å². The number of ketones is 1. The molecule has 2 atom stereocenters. The number of nitrogens with one attached hydrogen (secondary N) is 1. The van der Waals surface area contributed by atoms with Gasteiger partial charge in [0.2, 0.25) is 11.8 Å². The molecule has 0 rings (SSSR count). The zero-order chi connectivity index (χ0) is 17.1. The summed E-state index contributed by atoms with van der Waals surface area (Å²) in [6.45, 7) is 7.36. The van der Waals surface area contributed by atoms with Crippen LogP contribution in [0.15, 0.2) is 12.2 Å². The van der Waals surface area contributed by atoms with Gasteiger partial charge in [0, 0.05) is 12.0 Å². The molecule has 0 heterocycles. The lowest BCUT2D eigenvalue weighted by Gasteiger charge is -2.20. The fraction of sp³-hybridized carbons (Fsp3) is 0.688. The van der Waals surface area contributed by atoms with Gasteiger partial charge in [-0.1, -0.05) is 46.1 Å². The summed E-state index contributed by atoms with van der Waals surface area (Å²) in [4.78, 5) is 35.3. The minimum Gasteiger partial charge on any atom is -0.366 e. The molecule has 6 heteroatoms. The smallest absolute Gasteiger partial charge is 0.246 e. The molecular formula is C16H27ClN2O3. The summed E-state index contributed by atoms with van der Waals surface area (Å²) in [7, 11) is 0. The Balaban J connectivity index is 4.57. The second-order valence-electron chi connectivity index (χ2n) is 5.33. The van der Waals surface area contributed by atoms with Crippen molar-refractivity contribution in [1.29, 1.82) is 0 Å². The third-order valence-corrected chi connectivity index (χ3v) is 3.95. The van der Waals surface area contributed by atoms with E-state index < -0.39 is 23.1 Å². The summed E-state index contributed by atoms with van der Waals surface area (Å²) >= 11 is 5.91. The molecule has 2 amide bonds. The van der Waals surface area contributed by atoms with E-state index in [-0.39, 0.29) is 11.5 Å². The standard InChI is InChI=1S/C16H27ClN2O3/c1-4-6-7-8-9-10-13(20)19-14(11(3)16(18)22)15(21)12(17)5-2/h12,14H,3-10H2,1-2H3,(H2,18,22)(H,19,20)/t12-,14+/m0/s1. The van der Waals surface area contributed by atoms with Gasteiger partial charge in [-0.05, 0) is 12.8 Å². The quantitative estimate of drug-likeness (QED) is 0.327. The minimum absolute atomic E-state index is 0.136. The zero-order valence-electron chi connectivity index (χ0n) is 13.5. The second kappa shape index (κ2) is 11.2. The van der Waals surface area contributed by atoms with Crippen molar-refractivity contribution in [2.45, 2.75) is 70.2 Å². The Bertz CT molecular complexity index is 410. The fourth-order valence-corrected chi connectivity index (χ4v) is 2.10. The number of alkyl halides is 1. The number of hydrogen-bond donors (Lipinski definition) is 2. The SMILES string of the molecule is C=C(C(N)=O)[C@@H](NC(=O)CCCCCCC)C(=O)[C@@H](Cl)CC. The molecule has 5 nitrogen and oxygen atoms in total. The highest BCUT2D eigenvalue weighted by molar-refractivity contribution is 6.32. The minimum atomic E-state index is -1.14. The van der Waals surface area contributed by atoms with Crippen LogP contribution < -0.4 is 11.1 Å². The topological polar surface area (TPSA) is 89.3 Å². The van der Waals surface area contributed by atoms with Crippen LogP contribution >= 0.6 is 11.6 Å². The summed E-state index contributed by atoms with van der Waals surface area (Å²) in [5.74, 6) is -1.56. The fourth-order valence-electron chi connectivity index (χ4n) is 1.98. The summed E-state index contributed by atoms with van der Waals surface area (Å²) in [5.41, 5.74) is 5.03. The van der Waals surface area contributed by atoms with Gasteiger partial charge in [0.1, 0.15) is 6.04 Å². The van der Waals surface area contributed by atoms with Crippen molar-refractivity contribution in [3.05, 3.63) is 12.2 Å². The van der Waals surface area contributed by atoms with Gasteiger partial charge in [-0.25, -0.2) is 0 Å². The number of hydrogen-bond acceptors (Lipinski definition) is 3. The molecule has 0 aliphatic rings. The highest BCUT2D eigenvalue weighted by Crippen LogP contribution is 2.12. The molecule has 0 bridgehead atoms. The predicted octanol–water partition coefficient (Wildman–Crippen LogP) is 2.46. The molecule has 0 aliphatic carbocycles. The van der Waals surface area contributed by atoms with Crippen LogP contribution in [0.4, 0.5) is 0 Å². The summed E-state index contributed by atoms with van der Waals surface area (Å²) in [5, 5.41) is 1.74. The van der Waals surface area contributed by atoms with Gasteiger partial charge >= 0.3 is 0 Å². The Morgan fingerprint density at radius 2 is 1.73 bits per heavy atom. The number of nitrogens with two attached hydrogens (primary N) is 1. The van der Waals surface area contributed by atoms with Crippen LogP contribution in [-0.2, 0) is 14.4 Å². The molecule has 0 aliphatic heterocycles.